The number of furan rings is 1. The van der Waals surface area contributed by atoms with Gasteiger partial charge in [-0.1, -0.05) is 0 Å². The first kappa shape index (κ1) is 11.9. The largest absolute Gasteiger partial charge is 0.469 e. The molecule has 2 heterocycles. The average Bonchev–Trinajstić information content (AvgIpc) is 2.88. The minimum absolute atomic E-state index is 0.306. The molecule has 0 bridgehead atoms. The highest BCUT2D eigenvalue weighted by Crippen LogP contribution is 2.24. The molecule has 1 N–H and O–H groups in total. The Hall–Kier alpha value is -0.580. The van der Waals surface area contributed by atoms with Gasteiger partial charge < -0.3 is 9.52 Å². The van der Waals surface area contributed by atoms with Crippen molar-refractivity contribution in [2.75, 3.05) is 0 Å². The van der Waals surface area contributed by atoms with Crippen LogP contribution in [0, 0.1) is 0 Å². The van der Waals surface area contributed by atoms with Gasteiger partial charge in [0.25, 0.3) is 0 Å². The summed E-state index contributed by atoms with van der Waals surface area (Å²) < 4.78 is 6.32. The van der Waals surface area contributed by atoms with Gasteiger partial charge in [0.2, 0.25) is 0 Å². The normalized spacial score (nSPS) is 12.9. The Morgan fingerprint density at radius 3 is 2.94 bits per heavy atom. The molecule has 0 aliphatic rings. The van der Waals surface area contributed by atoms with Gasteiger partial charge in [-0.2, -0.15) is 0 Å². The summed E-state index contributed by atoms with van der Waals surface area (Å²) >= 11 is 5.14. The van der Waals surface area contributed by atoms with Crippen molar-refractivity contribution in [3.8, 4) is 0 Å². The molecule has 0 fully saturated rings. The quantitative estimate of drug-likeness (QED) is 0.914. The van der Waals surface area contributed by atoms with Gasteiger partial charge in [-0.05, 0) is 45.9 Å². The zero-order valence-corrected chi connectivity index (χ0v) is 11.1. The van der Waals surface area contributed by atoms with Gasteiger partial charge in [-0.25, -0.2) is 0 Å². The van der Waals surface area contributed by atoms with Crippen LogP contribution in [0.15, 0.2) is 38.7 Å². The van der Waals surface area contributed by atoms with Gasteiger partial charge in [-0.15, -0.1) is 11.3 Å². The number of rotatable bonds is 5. The molecule has 2 nitrogen and oxygen atoms in total. The molecule has 86 valence electrons. The summed E-state index contributed by atoms with van der Waals surface area (Å²) in [5.74, 6) is 0.935. The fourth-order valence-electron chi connectivity index (χ4n) is 1.55. The zero-order chi connectivity index (χ0) is 11.4. The van der Waals surface area contributed by atoms with Crippen molar-refractivity contribution < 1.29 is 9.52 Å². The van der Waals surface area contributed by atoms with Crippen molar-refractivity contribution in [1.29, 1.82) is 0 Å². The third-order valence-corrected chi connectivity index (χ3v) is 4.36. The summed E-state index contributed by atoms with van der Waals surface area (Å²) in [4.78, 5) is 1.20. The van der Waals surface area contributed by atoms with E-state index in [1.807, 2.05) is 23.6 Å². The SMILES string of the molecule is OC(CCc1ccco1)Cc1sccc1Br. The second-order valence-corrected chi connectivity index (χ2v) is 5.52. The van der Waals surface area contributed by atoms with Crippen molar-refractivity contribution in [3.05, 3.63) is 45.0 Å². The molecule has 1 unspecified atom stereocenters. The predicted molar refractivity (Wildman–Crippen MR) is 68.8 cm³/mol. The van der Waals surface area contributed by atoms with Crippen molar-refractivity contribution in [2.45, 2.75) is 25.4 Å². The molecule has 0 saturated heterocycles. The van der Waals surface area contributed by atoms with Crippen LogP contribution in [0.5, 0.6) is 0 Å². The van der Waals surface area contributed by atoms with Crippen LogP contribution in [0.3, 0.4) is 0 Å². The standard InChI is InChI=1S/C12H13BrO2S/c13-11-5-7-16-12(11)8-9(14)3-4-10-2-1-6-15-10/h1-2,5-7,9,14H,3-4,8H2. The maximum atomic E-state index is 9.89. The lowest BCUT2D eigenvalue weighted by molar-refractivity contribution is 0.163. The highest BCUT2D eigenvalue weighted by molar-refractivity contribution is 9.10. The number of aliphatic hydroxyl groups excluding tert-OH is 1. The van der Waals surface area contributed by atoms with Crippen LogP contribution in [0.1, 0.15) is 17.1 Å². The lowest BCUT2D eigenvalue weighted by atomic mass is 10.1. The third kappa shape index (κ3) is 3.20. The second kappa shape index (κ2) is 5.66. The Kier molecular flexibility index (Phi) is 4.21. The van der Waals surface area contributed by atoms with Crippen molar-refractivity contribution in [3.63, 3.8) is 0 Å². The fourth-order valence-corrected chi connectivity index (χ4v) is 3.14. The van der Waals surface area contributed by atoms with Gasteiger partial charge in [0.05, 0.1) is 12.4 Å². The predicted octanol–water partition coefficient (Wildman–Crippen LogP) is 3.64. The Morgan fingerprint density at radius 1 is 1.44 bits per heavy atom. The third-order valence-electron chi connectivity index (χ3n) is 2.42. The molecule has 0 aliphatic carbocycles. The molecule has 2 rings (SSSR count). The first-order valence-corrected chi connectivity index (χ1v) is 6.85. The van der Waals surface area contributed by atoms with Crippen molar-refractivity contribution >= 4 is 27.3 Å². The van der Waals surface area contributed by atoms with E-state index in [2.05, 4.69) is 15.9 Å². The molecule has 0 spiro atoms. The van der Waals surface area contributed by atoms with Crippen molar-refractivity contribution in [2.24, 2.45) is 0 Å². The van der Waals surface area contributed by atoms with Gasteiger partial charge in [0.15, 0.2) is 0 Å². The number of aryl methyl sites for hydroxylation is 1. The van der Waals surface area contributed by atoms with E-state index in [1.165, 1.54) is 4.88 Å². The molecular formula is C12H13BrO2S. The van der Waals surface area contributed by atoms with Crippen LogP contribution in [-0.2, 0) is 12.8 Å². The van der Waals surface area contributed by atoms with Crippen LogP contribution in [0.2, 0.25) is 0 Å². The lowest BCUT2D eigenvalue weighted by Crippen LogP contribution is -2.10. The van der Waals surface area contributed by atoms with Crippen LogP contribution < -0.4 is 0 Å². The topological polar surface area (TPSA) is 33.4 Å². The van der Waals surface area contributed by atoms with E-state index >= 15 is 0 Å². The van der Waals surface area contributed by atoms with E-state index in [-0.39, 0.29) is 6.10 Å². The van der Waals surface area contributed by atoms with Crippen LogP contribution in [-0.4, -0.2) is 11.2 Å². The molecule has 2 aromatic rings. The summed E-state index contributed by atoms with van der Waals surface area (Å²) in [6.07, 6.45) is 3.59. The van der Waals surface area contributed by atoms with Crippen LogP contribution in [0.25, 0.3) is 0 Å². The molecule has 4 heteroatoms. The van der Waals surface area contributed by atoms with Crippen LogP contribution >= 0.6 is 27.3 Å². The summed E-state index contributed by atoms with van der Waals surface area (Å²) in [5.41, 5.74) is 0. The monoisotopic (exact) mass is 300 g/mol. The first-order valence-electron chi connectivity index (χ1n) is 5.18. The van der Waals surface area contributed by atoms with Crippen LogP contribution in [0.4, 0.5) is 0 Å². The Balaban J connectivity index is 1.81. The zero-order valence-electron chi connectivity index (χ0n) is 8.73. The second-order valence-electron chi connectivity index (χ2n) is 3.67. The molecule has 2 aromatic heterocycles. The summed E-state index contributed by atoms with van der Waals surface area (Å²) in [7, 11) is 0. The van der Waals surface area contributed by atoms with E-state index < -0.39 is 0 Å². The number of thiophene rings is 1. The van der Waals surface area contributed by atoms with E-state index in [9.17, 15) is 5.11 Å². The minimum atomic E-state index is -0.306. The number of aliphatic hydroxyl groups is 1. The fraction of sp³-hybridized carbons (Fsp3) is 0.333. The first-order chi connectivity index (χ1) is 7.75. The highest BCUT2D eigenvalue weighted by Gasteiger charge is 2.10. The lowest BCUT2D eigenvalue weighted by Gasteiger charge is -2.08. The highest BCUT2D eigenvalue weighted by atomic mass is 79.9. The molecule has 0 aliphatic heterocycles. The maximum absolute atomic E-state index is 9.89. The Morgan fingerprint density at radius 2 is 2.31 bits per heavy atom. The van der Waals surface area contributed by atoms with E-state index in [4.69, 9.17) is 4.42 Å². The van der Waals surface area contributed by atoms with Crippen molar-refractivity contribution in [1.82, 2.24) is 0 Å². The van der Waals surface area contributed by atoms with E-state index in [0.717, 1.165) is 23.1 Å². The number of hydrogen-bond donors (Lipinski definition) is 1. The summed E-state index contributed by atoms with van der Waals surface area (Å²) in [5, 5.41) is 11.9. The van der Waals surface area contributed by atoms with E-state index in [1.54, 1.807) is 17.6 Å². The van der Waals surface area contributed by atoms with E-state index in [0.29, 0.717) is 6.42 Å². The van der Waals surface area contributed by atoms with Gasteiger partial charge in [0, 0.05) is 22.2 Å². The minimum Gasteiger partial charge on any atom is -0.469 e. The average molecular weight is 301 g/mol. The summed E-state index contributed by atoms with van der Waals surface area (Å²) in [6.45, 7) is 0. The molecule has 1 atom stereocenters. The molecule has 16 heavy (non-hydrogen) atoms. The Bertz CT molecular complexity index is 422. The molecule has 0 amide bonds. The number of halogens is 1. The van der Waals surface area contributed by atoms with Gasteiger partial charge in [-0.3, -0.25) is 0 Å². The maximum Gasteiger partial charge on any atom is 0.103 e. The molecule has 0 saturated carbocycles. The number of hydrogen-bond acceptors (Lipinski definition) is 3. The van der Waals surface area contributed by atoms with Gasteiger partial charge >= 0.3 is 0 Å². The Labute approximate surface area is 107 Å². The summed E-state index contributed by atoms with van der Waals surface area (Å²) in [6, 6.07) is 5.82. The smallest absolute Gasteiger partial charge is 0.103 e. The molecule has 0 radical (unpaired) electrons. The molecular weight excluding hydrogens is 288 g/mol. The molecule has 0 aromatic carbocycles. The van der Waals surface area contributed by atoms with Gasteiger partial charge in [0.1, 0.15) is 5.76 Å².